The van der Waals surface area contributed by atoms with Crippen LogP contribution in [-0.2, 0) is 16.3 Å². The van der Waals surface area contributed by atoms with Crippen LogP contribution in [0.1, 0.15) is 44.9 Å². The van der Waals surface area contributed by atoms with Crippen LogP contribution in [0.2, 0.25) is 0 Å². The molecule has 152 valence electrons. The molecule has 0 aliphatic carbocycles. The lowest BCUT2D eigenvalue weighted by Gasteiger charge is -2.43. The Hall–Kier alpha value is -2.90. The number of ether oxygens (including phenoxy) is 2. The van der Waals surface area contributed by atoms with Crippen LogP contribution in [0.25, 0.3) is 0 Å². The van der Waals surface area contributed by atoms with Crippen LogP contribution in [0.5, 0.6) is 5.88 Å². The minimum atomic E-state index is -4.72. The largest absolute Gasteiger partial charge is 0.444 e. The highest BCUT2D eigenvalue weighted by atomic mass is 19.4. The number of likely N-dealkylation sites (tertiary alicyclic amines) is 1. The van der Waals surface area contributed by atoms with Gasteiger partial charge >= 0.3 is 12.3 Å². The number of allylic oxidation sites excluding steroid dienone is 1. The number of H-pyrrole nitrogens is 1. The second-order valence-electron chi connectivity index (χ2n) is 7.78. The zero-order valence-electron chi connectivity index (χ0n) is 15.6. The number of piperidine rings is 1. The van der Waals surface area contributed by atoms with Crippen LogP contribution < -0.4 is 10.5 Å². The first-order valence-electron chi connectivity index (χ1n) is 8.61. The number of nitrogens with one attached hydrogen (secondary N) is 1. The van der Waals surface area contributed by atoms with Gasteiger partial charge in [0.05, 0.1) is 5.56 Å². The summed E-state index contributed by atoms with van der Waals surface area (Å²) in [7, 11) is 0. The number of hydrogen-bond acceptors (Lipinski definition) is 6. The van der Waals surface area contributed by atoms with Crippen molar-refractivity contribution >= 4 is 6.09 Å². The van der Waals surface area contributed by atoms with Crippen molar-refractivity contribution < 1.29 is 27.4 Å². The van der Waals surface area contributed by atoms with Gasteiger partial charge < -0.3 is 20.1 Å². The van der Waals surface area contributed by atoms with Crippen LogP contribution in [0, 0.1) is 11.3 Å². The number of halogens is 3. The van der Waals surface area contributed by atoms with E-state index in [4.69, 9.17) is 15.2 Å². The maximum atomic E-state index is 13.5. The summed E-state index contributed by atoms with van der Waals surface area (Å²) in [6, 6.07) is 1.89. The lowest BCUT2D eigenvalue weighted by Crippen LogP contribution is -2.49. The predicted molar refractivity (Wildman–Crippen MR) is 89.8 cm³/mol. The number of rotatable bonds is 0. The Morgan fingerprint density at radius 2 is 1.96 bits per heavy atom. The average Bonchev–Trinajstić information content (AvgIpc) is 2.99. The van der Waals surface area contributed by atoms with Gasteiger partial charge in [0.15, 0.2) is 0 Å². The molecule has 0 radical (unpaired) electrons. The molecule has 1 aromatic heterocycles. The summed E-state index contributed by atoms with van der Waals surface area (Å²) < 4.78 is 51.1. The number of aromatic amines is 1. The summed E-state index contributed by atoms with van der Waals surface area (Å²) in [6.45, 7) is 5.35. The van der Waals surface area contributed by atoms with Gasteiger partial charge in [-0.1, -0.05) is 0 Å². The fraction of sp³-hybridized carbons (Fsp3) is 0.588. The first kappa shape index (κ1) is 19.9. The van der Waals surface area contributed by atoms with Gasteiger partial charge in [-0.2, -0.15) is 18.4 Å². The molecule has 8 nitrogen and oxygen atoms in total. The SMILES string of the molecule is CC(C)(C)OC(=O)N1CCC2(CC1)C(C#N)=C(N)Oc1n[nH]c(C(F)(F)F)c12. The maximum absolute atomic E-state index is 13.5. The summed E-state index contributed by atoms with van der Waals surface area (Å²) in [5, 5.41) is 15.1. The molecule has 3 N–H and O–H groups in total. The first-order valence-corrected chi connectivity index (χ1v) is 8.61. The molecule has 0 saturated carbocycles. The van der Waals surface area contributed by atoms with Crippen molar-refractivity contribution in [2.24, 2.45) is 5.73 Å². The molecule has 1 saturated heterocycles. The van der Waals surface area contributed by atoms with Crippen LogP contribution in [-0.4, -0.2) is 39.9 Å². The average molecular weight is 399 g/mol. The number of fused-ring (bicyclic) bond motifs is 2. The van der Waals surface area contributed by atoms with Crippen molar-refractivity contribution in [3.05, 3.63) is 22.7 Å². The van der Waals surface area contributed by atoms with Crippen LogP contribution >= 0.6 is 0 Å². The highest BCUT2D eigenvalue weighted by Crippen LogP contribution is 2.52. The summed E-state index contributed by atoms with van der Waals surface area (Å²) in [4.78, 5) is 13.7. The number of nitrogens with two attached hydrogens (primary N) is 1. The van der Waals surface area contributed by atoms with Gasteiger partial charge in [0.25, 0.3) is 0 Å². The van der Waals surface area contributed by atoms with E-state index in [1.807, 2.05) is 11.2 Å². The van der Waals surface area contributed by atoms with E-state index in [1.165, 1.54) is 4.90 Å². The van der Waals surface area contributed by atoms with Crippen LogP contribution in [0.4, 0.5) is 18.0 Å². The molecule has 3 rings (SSSR count). The Bertz CT molecular complexity index is 868. The second kappa shape index (κ2) is 6.32. The molecule has 2 aliphatic rings. The molecule has 1 amide bonds. The van der Waals surface area contributed by atoms with E-state index in [-0.39, 0.29) is 48.8 Å². The lowest BCUT2D eigenvalue weighted by atomic mass is 9.67. The molecule has 0 atom stereocenters. The Balaban J connectivity index is 1.99. The van der Waals surface area contributed by atoms with Crippen molar-refractivity contribution in [1.82, 2.24) is 15.1 Å². The molecule has 0 bridgehead atoms. The van der Waals surface area contributed by atoms with Gasteiger partial charge in [-0.3, -0.25) is 5.10 Å². The summed E-state index contributed by atoms with van der Waals surface area (Å²) in [5.41, 5.74) is 2.35. The molecule has 1 spiro atoms. The zero-order chi connectivity index (χ0) is 20.9. The number of nitriles is 1. The van der Waals surface area contributed by atoms with Crippen molar-refractivity contribution in [2.45, 2.75) is 50.8 Å². The molecule has 0 unspecified atom stereocenters. The van der Waals surface area contributed by atoms with E-state index in [9.17, 15) is 23.2 Å². The second-order valence-corrected chi connectivity index (χ2v) is 7.78. The minimum Gasteiger partial charge on any atom is -0.444 e. The quantitative estimate of drug-likeness (QED) is 0.693. The highest BCUT2D eigenvalue weighted by Gasteiger charge is 2.53. The molecule has 2 aliphatic heterocycles. The number of hydrogen-bond donors (Lipinski definition) is 2. The van der Waals surface area contributed by atoms with E-state index < -0.39 is 29.0 Å². The van der Waals surface area contributed by atoms with Crippen molar-refractivity contribution in [3.8, 4) is 11.9 Å². The fourth-order valence-corrected chi connectivity index (χ4v) is 3.62. The maximum Gasteiger partial charge on any atom is 0.433 e. The smallest absolute Gasteiger partial charge is 0.433 e. The standard InChI is InChI=1S/C17H20F3N5O3/c1-15(2,3)28-14(26)25-6-4-16(5-7-25)9(8-21)12(22)27-13-10(16)11(23-24-13)17(18,19)20/h4-7,22H2,1-3H3,(H,23,24). The number of carbonyl (C=O) groups is 1. The van der Waals surface area contributed by atoms with E-state index in [0.717, 1.165) is 0 Å². The normalized spacial score (nSPS) is 19.1. The Labute approximate surface area is 159 Å². The molecule has 3 heterocycles. The van der Waals surface area contributed by atoms with Gasteiger partial charge in [0.2, 0.25) is 11.8 Å². The summed E-state index contributed by atoms with van der Waals surface area (Å²) in [6.07, 6.45) is -5.18. The first-order chi connectivity index (χ1) is 12.9. The van der Waals surface area contributed by atoms with E-state index in [0.29, 0.717) is 0 Å². The van der Waals surface area contributed by atoms with Gasteiger partial charge in [0.1, 0.15) is 22.9 Å². The highest BCUT2D eigenvalue weighted by molar-refractivity contribution is 5.68. The van der Waals surface area contributed by atoms with Crippen molar-refractivity contribution in [1.29, 1.82) is 5.26 Å². The van der Waals surface area contributed by atoms with E-state index in [1.54, 1.807) is 20.8 Å². The molecule has 1 aromatic rings. The Morgan fingerprint density at radius 1 is 1.36 bits per heavy atom. The number of aromatic nitrogens is 2. The number of amides is 1. The monoisotopic (exact) mass is 399 g/mol. The predicted octanol–water partition coefficient (Wildman–Crippen LogP) is 2.78. The lowest BCUT2D eigenvalue weighted by molar-refractivity contribution is -0.142. The third-order valence-electron chi connectivity index (χ3n) is 4.81. The minimum absolute atomic E-state index is 0.0504. The molecular weight excluding hydrogens is 379 g/mol. The zero-order valence-corrected chi connectivity index (χ0v) is 15.6. The van der Waals surface area contributed by atoms with Crippen LogP contribution in [0.15, 0.2) is 11.5 Å². The molecule has 28 heavy (non-hydrogen) atoms. The van der Waals surface area contributed by atoms with Crippen LogP contribution in [0.3, 0.4) is 0 Å². The number of alkyl halides is 3. The third-order valence-corrected chi connectivity index (χ3v) is 4.81. The van der Waals surface area contributed by atoms with E-state index in [2.05, 4.69) is 5.10 Å². The van der Waals surface area contributed by atoms with Crippen molar-refractivity contribution in [3.63, 3.8) is 0 Å². The van der Waals surface area contributed by atoms with Gasteiger partial charge in [0, 0.05) is 18.5 Å². The van der Waals surface area contributed by atoms with Crippen molar-refractivity contribution in [2.75, 3.05) is 13.1 Å². The Kier molecular flexibility index (Phi) is 4.48. The third kappa shape index (κ3) is 3.23. The van der Waals surface area contributed by atoms with Gasteiger partial charge in [-0.25, -0.2) is 4.79 Å². The molecule has 11 heteroatoms. The molecular formula is C17H20F3N5O3. The van der Waals surface area contributed by atoms with Gasteiger partial charge in [-0.15, -0.1) is 5.10 Å². The fourth-order valence-electron chi connectivity index (χ4n) is 3.62. The summed E-state index contributed by atoms with van der Waals surface area (Å²) >= 11 is 0. The topological polar surface area (TPSA) is 117 Å². The van der Waals surface area contributed by atoms with Gasteiger partial charge in [-0.05, 0) is 33.6 Å². The van der Waals surface area contributed by atoms with E-state index >= 15 is 0 Å². The summed E-state index contributed by atoms with van der Waals surface area (Å²) in [5.74, 6) is -0.574. The Morgan fingerprint density at radius 3 is 2.46 bits per heavy atom. The number of nitrogens with zero attached hydrogens (tertiary/aromatic N) is 3. The number of carbonyl (C=O) groups excluding carboxylic acids is 1. The molecule has 0 aromatic carbocycles. The molecule has 1 fully saturated rings.